The van der Waals surface area contributed by atoms with Crippen molar-refractivity contribution in [1.82, 2.24) is 10.6 Å². The van der Waals surface area contributed by atoms with E-state index in [2.05, 4.69) is 52.2 Å². The van der Waals surface area contributed by atoms with Crippen molar-refractivity contribution in [3.63, 3.8) is 0 Å². The second-order valence-corrected chi connectivity index (χ2v) is 6.41. The Morgan fingerprint density at radius 2 is 1.73 bits per heavy atom. The van der Waals surface area contributed by atoms with Crippen molar-refractivity contribution >= 4 is 10.5 Å². The molecule has 0 aliphatic carbocycles. The highest BCUT2D eigenvalue weighted by atomic mass is 28.2. The monoisotopic (exact) mass is 232 g/mol. The maximum absolute atomic E-state index is 5.46. The Morgan fingerprint density at radius 1 is 1.20 bits per heavy atom. The van der Waals surface area contributed by atoms with Crippen LogP contribution in [-0.4, -0.2) is 28.9 Å². The van der Waals surface area contributed by atoms with Gasteiger partial charge in [-0.15, -0.1) is 0 Å². The third-order valence-corrected chi connectivity index (χ3v) is 2.59. The molecule has 0 rings (SSSR count). The molecule has 92 valence electrons. The van der Waals surface area contributed by atoms with Crippen LogP contribution in [0.25, 0.3) is 0 Å². The van der Waals surface area contributed by atoms with Gasteiger partial charge < -0.3 is 4.43 Å². The van der Waals surface area contributed by atoms with Crippen LogP contribution in [0.15, 0.2) is 0 Å². The summed E-state index contributed by atoms with van der Waals surface area (Å²) in [6.07, 6.45) is 1.12. The van der Waals surface area contributed by atoms with Gasteiger partial charge in [0.15, 0.2) is 6.35 Å². The minimum absolute atomic E-state index is 0.000910. The molecule has 0 radical (unpaired) electrons. The second-order valence-electron chi connectivity index (χ2n) is 5.94. The van der Waals surface area contributed by atoms with Gasteiger partial charge in [-0.25, -0.2) is 0 Å². The van der Waals surface area contributed by atoms with Gasteiger partial charge in [0.05, 0.1) is 0 Å². The Bertz CT molecular complexity index is 178. The van der Waals surface area contributed by atoms with E-state index in [0.717, 1.165) is 23.5 Å². The van der Waals surface area contributed by atoms with E-state index in [-0.39, 0.29) is 11.9 Å². The smallest absolute Gasteiger partial charge is 0.153 e. The normalized spacial score (nSPS) is 15.6. The fourth-order valence-electron chi connectivity index (χ4n) is 2.11. The lowest BCUT2D eigenvalue weighted by molar-refractivity contribution is 0.0882. The minimum atomic E-state index is -0.000910. The third-order valence-electron chi connectivity index (χ3n) is 2.12. The van der Waals surface area contributed by atoms with E-state index in [0.29, 0.717) is 5.41 Å². The van der Waals surface area contributed by atoms with E-state index in [1.54, 1.807) is 0 Å². The zero-order valence-corrected chi connectivity index (χ0v) is 13.4. The van der Waals surface area contributed by atoms with Crippen molar-refractivity contribution in [2.24, 2.45) is 5.41 Å². The fourth-order valence-corrected chi connectivity index (χ4v) is 2.39. The second kappa shape index (κ2) is 5.99. The molecule has 0 aliphatic heterocycles. The molecular formula is C11H28N2OSi. The van der Waals surface area contributed by atoms with Crippen LogP contribution >= 0.6 is 0 Å². The van der Waals surface area contributed by atoms with Gasteiger partial charge in [0.25, 0.3) is 0 Å². The Balaban J connectivity index is 4.21. The van der Waals surface area contributed by atoms with Crippen LogP contribution < -0.4 is 10.6 Å². The molecule has 0 amide bonds. The molecule has 0 spiro atoms. The first-order valence-corrected chi connectivity index (χ1v) is 6.56. The fraction of sp³-hybridized carbons (Fsp3) is 1.00. The minimum Gasteiger partial charge on any atom is -0.401 e. The molecule has 3 nitrogen and oxygen atoms in total. The van der Waals surface area contributed by atoms with Gasteiger partial charge in [-0.3, -0.25) is 10.6 Å². The SMILES string of the molecule is CCNC(NC(C)(C)CC(C)(C)C)O[SiH3]. The lowest BCUT2D eigenvalue weighted by atomic mass is 9.82. The van der Waals surface area contributed by atoms with Gasteiger partial charge >= 0.3 is 0 Å². The lowest BCUT2D eigenvalue weighted by Gasteiger charge is -2.36. The zero-order valence-electron chi connectivity index (χ0n) is 11.4. The van der Waals surface area contributed by atoms with Crippen molar-refractivity contribution in [2.45, 2.75) is 59.9 Å². The average Bonchev–Trinajstić information content (AvgIpc) is 1.98. The molecule has 0 saturated carbocycles. The van der Waals surface area contributed by atoms with Gasteiger partial charge in [0.2, 0.25) is 0 Å². The van der Waals surface area contributed by atoms with Crippen LogP contribution in [0.4, 0.5) is 0 Å². The van der Waals surface area contributed by atoms with E-state index in [1.165, 1.54) is 0 Å². The van der Waals surface area contributed by atoms with Crippen LogP contribution in [0.1, 0.15) is 48.0 Å². The lowest BCUT2D eigenvalue weighted by Crippen LogP contribution is -2.54. The van der Waals surface area contributed by atoms with Crippen LogP contribution in [0.3, 0.4) is 0 Å². The highest BCUT2D eigenvalue weighted by Gasteiger charge is 2.27. The highest BCUT2D eigenvalue weighted by Crippen LogP contribution is 2.26. The molecule has 0 bridgehead atoms. The maximum Gasteiger partial charge on any atom is 0.153 e. The van der Waals surface area contributed by atoms with Gasteiger partial charge in [0.1, 0.15) is 10.5 Å². The largest absolute Gasteiger partial charge is 0.401 e. The number of nitrogens with one attached hydrogen (secondary N) is 2. The van der Waals surface area contributed by atoms with Gasteiger partial charge in [-0.2, -0.15) is 0 Å². The number of rotatable bonds is 6. The Morgan fingerprint density at radius 3 is 2.07 bits per heavy atom. The predicted octanol–water partition coefficient (Wildman–Crippen LogP) is 0.981. The summed E-state index contributed by atoms with van der Waals surface area (Å²) in [5, 5.41) is 6.78. The first-order valence-electron chi connectivity index (χ1n) is 5.74. The van der Waals surface area contributed by atoms with Crippen molar-refractivity contribution < 1.29 is 4.43 Å². The quantitative estimate of drug-likeness (QED) is 0.529. The average molecular weight is 232 g/mol. The van der Waals surface area contributed by atoms with E-state index in [9.17, 15) is 0 Å². The molecule has 0 saturated heterocycles. The van der Waals surface area contributed by atoms with E-state index >= 15 is 0 Å². The molecule has 0 aromatic carbocycles. The summed E-state index contributed by atoms with van der Waals surface area (Å²) in [7, 11) is 0.747. The van der Waals surface area contributed by atoms with Crippen molar-refractivity contribution in [3.05, 3.63) is 0 Å². The summed E-state index contributed by atoms with van der Waals surface area (Å²) in [4.78, 5) is 0. The molecule has 1 unspecified atom stereocenters. The number of hydrogen-bond acceptors (Lipinski definition) is 3. The summed E-state index contributed by atoms with van der Waals surface area (Å²) < 4.78 is 5.46. The van der Waals surface area contributed by atoms with Crippen LogP contribution in [0.5, 0.6) is 0 Å². The van der Waals surface area contributed by atoms with Crippen molar-refractivity contribution in [1.29, 1.82) is 0 Å². The molecular weight excluding hydrogens is 204 g/mol. The summed E-state index contributed by atoms with van der Waals surface area (Å²) in [6, 6.07) is 0. The van der Waals surface area contributed by atoms with E-state index in [4.69, 9.17) is 4.43 Å². The van der Waals surface area contributed by atoms with Crippen molar-refractivity contribution in [3.8, 4) is 0 Å². The van der Waals surface area contributed by atoms with E-state index < -0.39 is 0 Å². The third kappa shape index (κ3) is 7.96. The molecule has 2 N–H and O–H groups in total. The zero-order chi connectivity index (χ0) is 12.1. The van der Waals surface area contributed by atoms with Gasteiger partial charge in [-0.1, -0.05) is 27.7 Å². The Hall–Kier alpha value is 0.0969. The summed E-state index contributed by atoms with van der Waals surface area (Å²) in [5.74, 6) is 0. The Labute approximate surface area is 97.9 Å². The first kappa shape index (κ1) is 15.1. The van der Waals surface area contributed by atoms with E-state index in [1.807, 2.05) is 0 Å². The topological polar surface area (TPSA) is 33.3 Å². The number of hydrogen-bond donors (Lipinski definition) is 2. The Kier molecular flexibility index (Phi) is 6.03. The molecule has 0 aromatic heterocycles. The standard InChI is InChI=1S/C11H28N2OSi/c1-7-12-9(14-15)13-11(5,6)8-10(2,3)4/h9,12-13H,7-8H2,1-6,15H3. The summed E-state index contributed by atoms with van der Waals surface area (Å²) in [6.45, 7) is 14.3. The molecule has 1 atom stereocenters. The van der Waals surface area contributed by atoms with Crippen LogP contribution in [0.2, 0.25) is 0 Å². The summed E-state index contributed by atoms with van der Waals surface area (Å²) >= 11 is 0. The van der Waals surface area contributed by atoms with Crippen LogP contribution in [0, 0.1) is 5.41 Å². The molecule has 4 heteroatoms. The molecule has 0 aromatic rings. The molecule has 0 heterocycles. The van der Waals surface area contributed by atoms with Gasteiger partial charge in [0, 0.05) is 5.54 Å². The molecule has 0 aliphatic rings. The molecule has 15 heavy (non-hydrogen) atoms. The van der Waals surface area contributed by atoms with Crippen molar-refractivity contribution in [2.75, 3.05) is 6.54 Å². The van der Waals surface area contributed by atoms with Crippen LogP contribution in [-0.2, 0) is 4.43 Å². The maximum atomic E-state index is 5.46. The highest BCUT2D eigenvalue weighted by molar-refractivity contribution is 5.98. The predicted molar refractivity (Wildman–Crippen MR) is 69.8 cm³/mol. The first-order chi connectivity index (χ1) is 6.70. The molecule has 0 fully saturated rings. The van der Waals surface area contributed by atoms with Gasteiger partial charge in [-0.05, 0) is 32.2 Å². The summed E-state index contributed by atoms with van der Waals surface area (Å²) in [5.41, 5.74) is 0.425.